The summed E-state index contributed by atoms with van der Waals surface area (Å²) in [5, 5.41) is 2.94. The van der Waals surface area contributed by atoms with E-state index in [-0.39, 0.29) is 6.03 Å². The summed E-state index contributed by atoms with van der Waals surface area (Å²) in [5.41, 5.74) is 2.80. The third-order valence-electron chi connectivity index (χ3n) is 3.83. The molecule has 0 atom stereocenters. The summed E-state index contributed by atoms with van der Waals surface area (Å²) in [6, 6.07) is 5.80. The fraction of sp³-hybridized carbons (Fsp3) is 0.375. The second-order valence-electron chi connectivity index (χ2n) is 5.57. The second kappa shape index (κ2) is 7.39. The molecule has 7 nitrogen and oxygen atoms in total. The number of hydrogen-bond donors (Lipinski definition) is 1. The number of carbonyl (C=O) groups is 1. The smallest absolute Gasteiger partial charge is 0.317 e. The molecule has 3 aromatic rings. The molecule has 2 heterocycles. The number of aryl methyl sites for hydroxylation is 1. The summed E-state index contributed by atoms with van der Waals surface area (Å²) in [6.45, 7) is 3.89. The lowest BCUT2D eigenvalue weighted by Gasteiger charge is -2.18. The molecular weight excluding hydrogens is 324 g/mol. The van der Waals surface area contributed by atoms with Crippen LogP contribution in [0.4, 0.5) is 4.79 Å². The molecule has 0 saturated heterocycles. The first kappa shape index (κ1) is 16.4. The van der Waals surface area contributed by atoms with Crippen LogP contribution < -0.4 is 5.32 Å². The van der Waals surface area contributed by atoms with E-state index in [1.807, 2.05) is 24.4 Å². The van der Waals surface area contributed by atoms with E-state index in [0.29, 0.717) is 13.1 Å². The molecule has 3 rings (SSSR count). The maximum absolute atomic E-state index is 12.2. The number of nitrogens with zero attached hydrogens (tertiary/aromatic N) is 5. The predicted molar refractivity (Wildman–Crippen MR) is 93.9 cm³/mol. The first-order chi connectivity index (χ1) is 11.7. The molecule has 0 aliphatic carbocycles. The number of carbonyl (C=O) groups excluding carboxylic acids is 1. The van der Waals surface area contributed by atoms with Crippen molar-refractivity contribution < 1.29 is 4.79 Å². The molecule has 0 spiro atoms. The first-order valence-corrected chi connectivity index (χ1v) is 8.60. The Bertz CT molecular complexity index is 827. The number of nitrogens with one attached hydrogen (secondary N) is 1. The van der Waals surface area contributed by atoms with Gasteiger partial charge in [-0.25, -0.2) is 9.78 Å². The molecule has 2 aromatic heterocycles. The minimum absolute atomic E-state index is 0.0929. The van der Waals surface area contributed by atoms with Crippen molar-refractivity contribution in [2.24, 2.45) is 0 Å². The highest BCUT2D eigenvalue weighted by molar-refractivity contribution is 7.00. The third kappa shape index (κ3) is 3.70. The fourth-order valence-electron chi connectivity index (χ4n) is 2.55. The normalized spacial score (nSPS) is 10.9. The lowest BCUT2D eigenvalue weighted by molar-refractivity contribution is 0.206. The Morgan fingerprint density at radius 2 is 2.17 bits per heavy atom. The van der Waals surface area contributed by atoms with Gasteiger partial charge in [-0.1, -0.05) is 13.0 Å². The molecule has 0 fully saturated rings. The standard InChI is InChI=1S/C16H20N6OS/c1-3-15-17-6-8-22(15)9-7-18-16(23)21(2)11-12-4-5-13-14(10-12)20-24-19-13/h4-6,8,10H,3,7,9,11H2,1-2H3,(H,18,23). The largest absolute Gasteiger partial charge is 0.336 e. The highest BCUT2D eigenvalue weighted by atomic mass is 32.1. The maximum atomic E-state index is 12.2. The number of hydrogen-bond acceptors (Lipinski definition) is 5. The average molecular weight is 344 g/mol. The van der Waals surface area contributed by atoms with Crippen LogP contribution in [-0.2, 0) is 19.5 Å². The monoisotopic (exact) mass is 344 g/mol. The van der Waals surface area contributed by atoms with Crippen LogP contribution in [0.1, 0.15) is 18.3 Å². The van der Waals surface area contributed by atoms with Gasteiger partial charge in [0.2, 0.25) is 0 Å². The summed E-state index contributed by atoms with van der Waals surface area (Å²) >= 11 is 1.20. The Morgan fingerprint density at radius 3 is 3.00 bits per heavy atom. The zero-order valence-corrected chi connectivity index (χ0v) is 14.6. The SMILES string of the molecule is CCc1nccn1CCNC(=O)N(C)Cc1ccc2nsnc2c1. The molecule has 2 amide bonds. The minimum atomic E-state index is -0.0929. The minimum Gasteiger partial charge on any atom is -0.336 e. The van der Waals surface area contributed by atoms with E-state index in [0.717, 1.165) is 35.4 Å². The third-order valence-corrected chi connectivity index (χ3v) is 4.39. The number of amides is 2. The molecule has 0 unspecified atom stereocenters. The Kier molecular flexibility index (Phi) is 5.05. The van der Waals surface area contributed by atoms with Crippen LogP contribution in [-0.4, -0.2) is 42.8 Å². The highest BCUT2D eigenvalue weighted by Crippen LogP contribution is 2.14. The van der Waals surface area contributed by atoms with Crippen LogP contribution in [0.2, 0.25) is 0 Å². The van der Waals surface area contributed by atoms with Crippen LogP contribution in [0.25, 0.3) is 11.0 Å². The predicted octanol–water partition coefficient (Wildman–Crippen LogP) is 2.29. The highest BCUT2D eigenvalue weighted by Gasteiger charge is 2.10. The Balaban J connectivity index is 1.51. The molecule has 126 valence electrons. The van der Waals surface area contributed by atoms with Gasteiger partial charge in [0, 0.05) is 45.5 Å². The van der Waals surface area contributed by atoms with Crippen molar-refractivity contribution in [1.82, 2.24) is 28.5 Å². The van der Waals surface area contributed by atoms with Crippen molar-refractivity contribution in [3.63, 3.8) is 0 Å². The Labute approximate surface area is 144 Å². The lowest BCUT2D eigenvalue weighted by Crippen LogP contribution is -2.38. The van der Waals surface area contributed by atoms with Gasteiger partial charge in [-0.3, -0.25) is 0 Å². The van der Waals surface area contributed by atoms with E-state index in [1.165, 1.54) is 11.7 Å². The second-order valence-corrected chi connectivity index (χ2v) is 6.09. The molecule has 0 aliphatic heterocycles. The van der Waals surface area contributed by atoms with Crippen molar-refractivity contribution in [2.75, 3.05) is 13.6 Å². The Morgan fingerprint density at radius 1 is 1.33 bits per heavy atom. The van der Waals surface area contributed by atoms with Gasteiger partial charge in [0.25, 0.3) is 0 Å². The quantitative estimate of drug-likeness (QED) is 0.744. The van der Waals surface area contributed by atoms with Gasteiger partial charge < -0.3 is 14.8 Å². The molecule has 1 N–H and O–H groups in total. The van der Waals surface area contributed by atoms with Gasteiger partial charge >= 0.3 is 6.03 Å². The number of urea groups is 1. The van der Waals surface area contributed by atoms with Gasteiger partial charge in [0.1, 0.15) is 16.9 Å². The lowest BCUT2D eigenvalue weighted by atomic mass is 10.2. The summed E-state index contributed by atoms with van der Waals surface area (Å²) < 4.78 is 10.5. The van der Waals surface area contributed by atoms with Gasteiger partial charge in [-0.2, -0.15) is 8.75 Å². The zero-order chi connectivity index (χ0) is 16.9. The van der Waals surface area contributed by atoms with E-state index in [2.05, 4.69) is 30.5 Å². The van der Waals surface area contributed by atoms with Crippen molar-refractivity contribution in [1.29, 1.82) is 0 Å². The molecule has 1 aromatic carbocycles. The molecule has 24 heavy (non-hydrogen) atoms. The summed E-state index contributed by atoms with van der Waals surface area (Å²) in [6.07, 6.45) is 4.61. The number of benzene rings is 1. The van der Waals surface area contributed by atoms with Crippen LogP contribution >= 0.6 is 11.7 Å². The maximum Gasteiger partial charge on any atom is 0.317 e. The fourth-order valence-corrected chi connectivity index (χ4v) is 3.07. The molecule has 8 heteroatoms. The topological polar surface area (TPSA) is 75.9 Å². The van der Waals surface area contributed by atoms with E-state index in [4.69, 9.17) is 0 Å². The molecule has 0 bridgehead atoms. The van der Waals surface area contributed by atoms with E-state index < -0.39 is 0 Å². The van der Waals surface area contributed by atoms with Crippen LogP contribution in [0.3, 0.4) is 0 Å². The van der Waals surface area contributed by atoms with Gasteiger partial charge in [0.15, 0.2) is 0 Å². The number of aromatic nitrogens is 4. The van der Waals surface area contributed by atoms with Gasteiger partial charge in [-0.05, 0) is 17.7 Å². The number of rotatable bonds is 6. The van der Waals surface area contributed by atoms with Crippen LogP contribution in [0.5, 0.6) is 0 Å². The van der Waals surface area contributed by atoms with Crippen LogP contribution in [0, 0.1) is 0 Å². The van der Waals surface area contributed by atoms with Crippen molar-refractivity contribution in [2.45, 2.75) is 26.4 Å². The number of imidazole rings is 1. The summed E-state index contributed by atoms with van der Waals surface area (Å²) in [7, 11) is 1.79. The average Bonchev–Trinajstić information content (AvgIpc) is 3.22. The van der Waals surface area contributed by atoms with E-state index >= 15 is 0 Å². The summed E-state index contributed by atoms with van der Waals surface area (Å²) in [4.78, 5) is 18.1. The first-order valence-electron chi connectivity index (χ1n) is 7.87. The van der Waals surface area contributed by atoms with Gasteiger partial charge in [-0.15, -0.1) is 0 Å². The van der Waals surface area contributed by atoms with E-state index in [1.54, 1.807) is 18.1 Å². The number of fused-ring (bicyclic) bond motifs is 1. The van der Waals surface area contributed by atoms with Crippen molar-refractivity contribution >= 4 is 28.8 Å². The molecule has 0 saturated carbocycles. The zero-order valence-electron chi connectivity index (χ0n) is 13.8. The van der Waals surface area contributed by atoms with Gasteiger partial charge in [0.05, 0.1) is 11.7 Å². The summed E-state index contributed by atoms with van der Waals surface area (Å²) in [5.74, 6) is 1.03. The molecular formula is C16H20N6OS. The van der Waals surface area contributed by atoms with Crippen molar-refractivity contribution in [3.05, 3.63) is 42.0 Å². The molecule has 0 radical (unpaired) electrons. The molecule has 0 aliphatic rings. The Hall–Kier alpha value is -2.48. The van der Waals surface area contributed by atoms with E-state index in [9.17, 15) is 4.79 Å². The van der Waals surface area contributed by atoms with Crippen molar-refractivity contribution in [3.8, 4) is 0 Å². The van der Waals surface area contributed by atoms with Crippen LogP contribution in [0.15, 0.2) is 30.6 Å².